The molecule has 2 aromatic rings. The van der Waals surface area contributed by atoms with Crippen molar-refractivity contribution in [3.63, 3.8) is 0 Å². The van der Waals surface area contributed by atoms with Gasteiger partial charge in [0.25, 0.3) is 0 Å². The van der Waals surface area contributed by atoms with Gasteiger partial charge in [-0.1, -0.05) is 34.8 Å². The van der Waals surface area contributed by atoms with Gasteiger partial charge in [0, 0.05) is 18.0 Å². The number of hydrogen-bond acceptors (Lipinski definition) is 2. The Balaban J connectivity index is 2.52. The van der Waals surface area contributed by atoms with Crippen LogP contribution in [0.15, 0.2) is 24.5 Å². The Hall–Kier alpha value is -0.540. The zero-order chi connectivity index (χ0) is 11.7. The molecule has 2 nitrogen and oxygen atoms in total. The second-order valence-corrected chi connectivity index (χ2v) is 4.53. The number of nitrogens with zero attached hydrogens (tertiary/aromatic N) is 2. The highest BCUT2D eigenvalue weighted by Crippen LogP contribution is 2.34. The van der Waals surface area contributed by atoms with Crippen molar-refractivity contribution in [3.05, 3.63) is 44.9 Å². The number of benzene rings is 1. The van der Waals surface area contributed by atoms with Crippen molar-refractivity contribution < 1.29 is 0 Å². The van der Waals surface area contributed by atoms with Gasteiger partial charge in [-0.15, -0.1) is 0 Å². The van der Waals surface area contributed by atoms with E-state index in [2.05, 4.69) is 9.97 Å². The predicted molar refractivity (Wildman–Crippen MR) is 67.5 cm³/mol. The van der Waals surface area contributed by atoms with Gasteiger partial charge in [0.2, 0.25) is 5.28 Å². The molecule has 0 unspecified atom stereocenters. The molecule has 1 heterocycles. The van der Waals surface area contributed by atoms with Crippen LogP contribution < -0.4 is 0 Å². The van der Waals surface area contributed by atoms with Crippen LogP contribution in [-0.4, -0.2) is 9.97 Å². The average molecular weight is 294 g/mol. The lowest BCUT2D eigenvalue weighted by Crippen LogP contribution is -1.85. The molecule has 6 heteroatoms. The van der Waals surface area contributed by atoms with Crippen LogP contribution in [0, 0.1) is 0 Å². The van der Waals surface area contributed by atoms with Crippen molar-refractivity contribution in [1.82, 2.24) is 9.97 Å². The molecule has 0 aliphatic heterocycles. The summed E-state index contributed by atoms with van der Waals surface area (Å²) in [6.45, 7) is 0. The fourth-order valence-electron chi connectivity index (χ4n) is 1.18. The normalized spacial score (nSPS) is 10.5. The van der Waals surface area contributed by atoms with E-state index >= 15 is 0 Å². The first-order valence-corrected chi connectivity index (χ1v) is 5.71. The van der Waals surface area contributed by atoms with Gasteiger partial charge in [-0.05, 0) is 29.3 Å². The molecule has 16 heavy (non-hydrogen) atoms. The van der Waals surface area contributed by atoms with Crippen LogP contribution in [0.3, 0.4) is 0 Å². The van der Waals surface area contributed by atoms with Crippen molar-refractivity contribution in [2.24, 2.45) is 0 Å². The van der Waals surface area contributed by atoms with E-state index in [9.17, 15) is 0 Å². The van der Waals surface area contributed by atoms with E-state index in [1.54, 1.807) is 24.5 Å². The molecule has 0 aliphatic rings. The van der Waals surface area contributed by atoms with Crippen LogP contribution in [0.25, 0.3) is 11.1 Å². The molecule has 0 bridgehead atoms. The highest BCUT2D eigenvalue weighted by molar-refractivity contribution is 6.48. The Morgan fingerprint density at radius 1 is 0.750 bits per heavy atom. The standard InChI is InChI=1S/C10H4Cl4N2/c11-7-1-5(2-8(12)9(7)13)6-3-15-10(14)16-4-6/h1-4H. The lowest BCUT2D eigenvalue weighted by molar-refractivity contribution is 1.17. The molecule has 0 N–H and O–H groups in total. The van der Waals surface area contributed by atoms with E-state index in [-0.39, 0.29) is 5.28 Å². The van der Waals surface area contributed by atoms with E-state index in [0.717, 1.165) is 11.1 Å². The topological polar surface area (TPSA) is 25.8 Å². The Kier molecular flexibility index (Phi) is 3.55. The minimum absolute atomic E-state index is 0.190. The van der Waals surface area contributed by atoms with Gasteiger partial charge in [-0.25, -0.2) is 9.97 Å². The SMILES string of the molecule is Clc1ncc(-c2cc(Cl)c(Cl)c(Cl)c2)cn1. The average Bonchev–Trinajstić information content (AvgIpc) is 2.26. The molecule has 0 amide bonds. The molecule has 0 radical (unpaired) electrons. The van der Waals surface area contributed by atoms with Crippen molar-refractivity contribution in [3.8, 4) is 11.1 Å². The molecule has 1 aromatic heterocycles. The molecule has 0 saturated heterocycles. The third kappa shape index (κ3) is 2.41. The first-order chi connectivity index (χ1) is 7.58. The van der Waals surface area contributed by atoms with Gasteiger partial charge in [-0.3, -0.25) is 0 Å². The van der Waals surface area contributed by atoms with Gasteiger partial charge < -0.3 is 0 Å². The molecule has 82 valence electrons. The summed E-state index contributed by atoms with van der Waals surface area (Å²) in [6, 6.07) is 3.39. The van der Waals surface area contributed by atoms with Crippen LogP contribution in [0.1, 0.15) is 0 Å². The second kappa shape index (κ2) is 4.76. The highest BCUT2D eigenvalue weighted by Gasteiger charge is 2.07. The molecule has 2 rings (SSSR count). The van der Waals surface area contributed by atoms with Crippen LogP contribution in [-0.2, 0) is 0 Å². The number of rotatable bonds is 1. The van der Waals surface area contributed by atoms with Gasteiger partial charge in [0.15, 0.2) is 0 Å². The summed E-state index contributed by atoms with van der Waals surface area (Å²) in [4.78, 5) is 7.74. The molecular weight excluding hydrogens is 290 g/mol. The maximum atomic E-state index is 5.92. The quantitative estimate of drug-likeness (QED) is 0.560. The first kappa shape index (κ1) is 11.9. The van der Waals surface area contributed by atoms with Crippen LogP contribution in [0.2, 0.25) is 20.4 Å². The maximum absolute atomic E-state index is 5.92. The predicted octanol–water partition coefficient (Wildman–Crippen LogP) is 4.76. The minimum Gasteiger partial charge on any atom is -0.226 e. The summed E-state index contributed by atoms with van der Waals surface area (Å²) < 4.78 is 0. The van der Waals surface area contributed by atoms with Crippen LogP contribution in [0.5, 0.6) is 0 Å². The summed E-state index contributed by atoms with van der Waals surface area (Å²) in [6.07, 6.45) is 3.18. The fourth-order valence-corrected chi connectivity index (χ4v) is 1.88. The van der Waals surface area contributed by atoms with Gasteiger partial charge in [-0.2, -0.15) is 0 Å². The lowest BCUT2D eigenvalue weighted by atomic mass is 10.1. The number of hydrogen-bond donors (Lipinski definition) is 0. The third-order valence-electron chi connectivity index (χ3n) is 1.94. The molecule has 1 aromatic carbocycles. The van der Waals surface area contributed by atoms with Crippen molar-refractivity contribution in [1.29, 1.82) is 0 Å². The molecule has 0 aliphatic carbocycles. The summed E-state index contributed by atoms with van der Waals surface area (Å²) >= 11 is 23.3. The molecule has 0 spiro atoms. The molecular formula is C10H4Cl4N2. The Labute approximate surface area is 112 Å². The largest absolute Gasteiger partial charge is 0.226 e. The maximum Gasteiger partial charge on any atom is 0.222 e. The number of halogens is 4. The Morgan fingerprint density at radius 3 is 1.75 bits per heavy atom. The zero-order valence-corrected chi connectivity index (χ0v) is 10.7. The van der Waals surface area contributed by atoms with Crippen LogP contribution >= 0.6 is 46.4 Å². The summed E-state index contributed by atoms with van der Waals surface area (Å²) in [7, 11) is 0. The zero-order valence-electron chi connectivity index (χ0n) is 7.72. The number of aromatic nitrogens is 2. The Morgan fingerprint density at radius 2 is 1.25 bits per heavy atom. The summed E-state index contributed by atoms with van der Waals surface area (Å²) in [5, 5.41) is 1.30. The van der Waals surface area contributed by atoms with E-state index in [0.29, 0.717) is 15.1 Å². The minimum atomic E-state index is 0.190. The smallest absolute Gasteiger partial charge is 0.222 e. The van der Waals surface area contributed by atoms with Gasteiger partial charge in [0.05, 0.1) is 15.1 Å². The fraction of sp³-hybridized carbons (Fsp3) is 0. The Bertz CT molecular complexity index is 502. The van der Waals surface area contributed by atoms with E-state index < -0.39 is 0 Å². The molecule has 0 atom stereocenters. The second-order valence-electron chi connectivity index (χ2n) is 2.99. The van der Waals surface area contributed by atoms with Crippen molar-refractivity contribution in [2.75, 3.05) is 0 Å². The van der Waals surface area contributed by atoms with Gasteiger partial charge >= 0.3 is 0 Å². The van der Waals surface area contributed by atoms with Crippen molar-refractivity contribution >= 4 is 46.4 Å². The summed E-state index contributed by atoms with van der Waals surface area (Å²) in [5.74, 6) is 0. The van der Waals surface area contributed by atoms with Crippen LogP contribution in [0.4, 0.5) is 0 Å². The monoisotopic (exact) mass is 292 g/mol. The first-order valence-electron chi connectivity index (χ1n) is 4.20. The third-order valence-corrected chi connectivity index (χ3v) is 3.33. The van der Waals surface area contributed by atoms with E-state index in [1.165, 1.54) is 0 Å². The summed E-state index contributed by atoms with van der Waals surface area (Å²) in [5.41, 5.74) is 1.56. The van der Waals surface area contributed by atoms with Crippen molar-refractivity contribution in [2.45, 2.75) is 0 Å². The highest BCUT2D eigenvalue weighted by atomic mass is 35.5. The molecule has 0 fully saturated rings. The lowest BCUT2D eigenvalue weighted by Gasteiger charge is -2.04. The van der Waals surface area contributed by atoms with E-state index in [4.69, 9.17) is 46.4 Å². The van der Waals surface area contributed by atoms with E-state index in [1.807, 2.05) is 0 Å². The molecule has 0 saturated carbocycles. The van der Waals surface area contributed by atoms with Gasteiger partial charge in [0.1, 0.15) is 0 Å².